The molecule has 1 atom stereocenters. The average molecular weight is 314 g/mol. The van der Waals surface area contributed by atoms with Crippen molar-refractivity contribution in [3.05, 3.63) is 0 Å². The van der Waals surface area contributed by atoms with E-state index in [1.54, 1.807) is 0 Å². The van der Waals surface area contributed by atoms with Gasteiger partial charge in [0.15, 0.2) is 11.6 Å². The summed E-state index contributed by atoms with van der Waals surface area (Å²) in [5.41, 5.74) is -1.94. The van der Waals surface area contributed by atoms with Crippen molar-refractivity contribution in [3.8, 4) is 0 Å². The van der Waals surface area contributed by atoms with E-state index in [0.717, 1.165) is 0 Å². The molecular weight excluding hydrogens is 280 g/mol. The first kappa shape index (κ1) is 18.2. The molecule has 130 valence electrons. The highest BCUT2D eigenvalue weighted by Gasteiger charge is 2.75. The maximum atomic E-state index is 6.38. The molecule has 2 aliphatic heterocycles. The van der Waals surface area contributed by atoms with Crippen LogP contribution in [0.15, 0.2) is 0 Å². The van der Waals surface area contributed by atoms with E-state index in [2.05, 4.69) is 48.5 Å². The van der Waals surface area contributed by atoms with Crippen LogP contribution in [0.2, 0.25) is 0 Å². The van der Waals surface area contributed by atoms with Crippen molar-refractivity contribution in [1.29, 1.82) is 0 Å². The molecular formula is C18H34O4. The molecule has 0 bridgehead atoms. The Morgan fingerprint density at radius 1 is 0.545 bits per heavy atom. The molecule has 0 aliphatic carbocycles. The lowest BCUT2D eigenvalue weighted by Crippen LogP contribution is -2.81. The summed E-state index contributed by atoms with van der Waals surface area (Å²) in [6, 6.07) is 0. The molecule has 1 unspecified atom stereocenters. The Morgan fingerprint density at radius 2 is 0.864 bits per heavy atom. The van der Waals surface area contributed by atoms with Gasteiger partial charge in [-0.3, -0.25) is 0 Å². The Bertz CT molecular complexity index is 418. The predicted molar refractivity (Wildman–Crippen MR) is 86.6 cm³/mol. The zero-order valence-electron chi connectivity index (χ0n) is 16.2. The highest BCUT2D eigenvalue weighted by Crippen LogP contribution is 2.64. The molecule has 2 aliphatic rings. The minimum atomic E-state index is -0.652. The number of hydrogen-bond acceptors (Lipinski definition) is 4. The zero-order valence-corrected chi connectivity index (χ0v) is 16.2. The molecule has 1 spiro atoms. The number of hydrogen-bond donors (Lipinski definition) is 0. The van der Waals surface area contributed by atoms with Gasteiger partial charge in [-0.2, -0.15) is 0 Å². The van der Waals surface area contributed by atoms with Crippen LogP contribution in [0.1, 0.15) is 76.2 Å². The van der Waals surface area contributed by atoms with Gasteiger partial charge in [-0.05, 0) is 76.2 Å². The fraction of sp³-hybridized carbons (Fsp3) is 1.00. The molecule has 0 saturated carbocycles. The first-order valence-corrected chi connectivity index (χ1v) is 8.28. The van der Waals surface area contributed by atoms with Gasteiger partial charge >= 0.3 is 0 Å². The van der Waals surface area contributed by atoms with E-state index in [-0.39, 0.29) is 6.10 Å². The minimum absolute atomic E-state index is 0.0904. The normalized spacial score (nSPS) is 37.0. The highest BCUT2D eigenvalue weighted by atomic mass is 16.8. The van der Waals surface area contributed by atoms with Gasteiger partial charge in [0.2, 0.25) is 0 Å². The van der Waals surface area contributed by atoms with Gasteiger partial charge in [0.05, 0.1) is 28.3 Å². The van der Waals surface area contributed by atoms with Crippen LogP contribution >= 0.6 is 0 Å². The fourth-order valence-corrected chi connectivity index (χ4v) is 6.29. The van der Waals surface area contributed by atoms with Crippen LogP contribution in [0.4, 0.5) is 0 Å². The van der Waals surface area contributed by atoms with E-state index in [0.29, 0.717) is 0 Å². The van der Waals surface area contributed by atoms with E-state index in [4.69, 9.17) is 18.9 Å². The van der Waals surface area contributed by atoms with E-state index in [9.17, 15) is 0 Å². The number of ether oxygens (including phenoxy) is 4. The Labute approximate surface area is 135 Å². The lowest BCUT2D eigenvalue weighted by molar-refractivity contribution is -0.489. The van der Waals surface area contributed by atoms with E-state index >= 15 is 0 Å². The second kappa shape index (κ2) is 4.47. The summed E-state index contributed by atoms with van der Waals surface area (Å²) in [5.74, 6) is -1.28. The Balaban J connectivity index is 2.68. The third-order valence-corrected chi connectivity index (χ3v) is 5.42. The largest absolute Gasteiger partial charge is 0.347 e. The second-order valence-corrected chi connectivity index (χ2v) is 9.20. The highest BCUT2D eigenvalue weighted by molar-refractivity contribution is 5.20. The SMILES string of the molecule is CC1OC(C)(C)OC(C)(C)C12C(C)(C)OC(C)(C)OC2(C)C. The second-order valence-electron chi connectivity index (χ2n) is 9.20. The third-order valence-electron chi connectivity index (χ3n) is 5.42. The molecule has 4 nitrogen and oxygen atoms in total. The van der Waals surface area contributed by atoms with Gasteiger partial charge in [-0.15, -0.1) is 0 Å². The summed E-state index contributed by atoms with van der Waals surface area (Å²) in [4.78, 5) is 0. The Kier molecular flexibility index (Phi) is 3.69. The van der Waals surface area contributed by atoms with Crippen LogP contribution < -0.4 is 0 Å². The molecule has 2 saturated heterocycles. The van der Waals surface area contributed by atoms with Gasteiger partial charge in [-0.1, -0.05) is 0 Å². The van der Waals surface area contributed by atoms with Crippen LogP contribution in [0.5, 0.6) is 0 Å². The van der Waals surface area contributed by atoms with Crippen LogP contribution in [0.25, 0.3) is 0 Å². The van der Waals surface area contributed by atoms with E-state index < -0.39 is 33.8 Å². The average Bonchev–Trinajstić information content (AvgIpc) is 2.02. The molecule has 0 aromatic carbocycles. The molecule has 0 aromatic rings. The van der Waals surface area contributed by atoms with Crippen LogP contribution in [-0.2, 0) is 18.9 Å². The first-order valence-electron chi connectivity index (χ1n) is 8.28. The summed E-state index contributed by atoms with van der Waals surface area (Å²) in [6.45, 7) is 22.7. The van der Waals surface area contributed by atoms with Crippen molar-refractivity contribution in [3.63, 3.8) is 0 Å². The van der Waals surface area contributed by atoms with Crippen molar-refractivity contribution >= 4 is 0 Å². The third kappa shape index (κ3) is 2.26. The maximum Gasteiger partial charge on any atom is 0.164 e. The maximum absolute atomic E-state index is 6.38. The lowest BCUT2D eigenvalue weighted by atomic mass is 9.51. The molecule has 4 heteroatoms. The van der Waals surface area contributed by atoms with E-state index in [1.807, 2.05) is 27.7 Å². The summed E-state index contributed by atoms with van der Waals surface area (Å²) in [5, 5.41) is 0. The molecule has 2 fully saturated rings. The van der Waals surface area contributed by atoms with Crippen molar-refractivity contribution in [1.82, 2.24) is 0 Å². The molecule has 0 aromatic heterocycles. The smallest absolute Gasteiger partial charge is 0.164 e. The fourth-order valence-electron chi connectivity index (χ4n) is 6.29. The van der Waals surface area contributed by atoms with Crippen molar-refractivity contribution < 1.29 is 18.9 Å². The predicted octanol–water partition coefficient (Wildman–Crippen LogP) is 4.26. The summed E-state index contributed by atoms with van der Waals surface area (Å²) in [7, 11) is 0. The molecule has 0 amide bonds. The van der Waals surface area contributed by atoms with E-state index in [1.165, 1.54) is 0 Å². The monoisotopic (exact) mass is 314 g/mol. The van der Waals surface area contributed by atoms with Crippen LogP contribution in [0, 0.1) is 5.41 Å². The standard InChI is InChI=1S/C18H34O4/c1-12-18(13(2,3)20-16(8,9)19-12)14(4,5)21-17(10,11)22-15(18,6)7/h12H,1-11H3. The lowest BCUT2D eigenvalue weighted by Gasteiger charge is -2.71. The first-order chi connectivity index (χ1) is 9.50. The van der Waals surface area contributed by atoms with Gasteiger partial charge in [0.25, 0.3) is 0 Å². The Hall–Kier alpha value is -0.160. The van der Waals surface area contributed by atoms with Gasteiger partial charge in [-0.25, -0.2) is 0 Å². The summed E-state index contributed by atoms with van der Waals surface area (Å²) in [6.07, 6.45) is -0.0904. The van der Waals surface area contributed by atoms with Crippen molar-refractivity contribution in [2.45, 2.75) is 111 Å². The van der Waals surface area contributed by atoms with Gasteiger partial charge < -0.3 is 18.9 Å². The van der Waals surface area contributed by atoms with Crippen LogP contribution in [0.3, 0.4) is 0 Å². The Morgan fingerprint density at radius 3 is 1.23 bits per heavy atom. The summed E-state index contributed by atoms with van der Waals surface area (Å²) >= 11 is 0. The number of rotatable bonds is 0. The molecule has 2 rings (SSSR count). The summed E-state index contributed by atoms with van der Waals surface area (Å²) < 4.78 is 25.4. The van der Waals surface area contributed by atoms with Crippen molar-refractivity contribution in [2.24, 2.45) is 5.41 Å². The molecule has 2 heterocycles. The van der Waals surface area contributed by atoms with Gasteiger partial charge in [0.1, 0.15) is 0 Å². The van der Waals surface area contributed by atoms with Gasteiger partial charge in [0, 0.05) is 0 Å². The van der Waals surface area contributed by atoms with Crippen molar-refractivity contribution in [2.75, 3.05) is 0 Å². The topological polar surface area (TPSA) is 36.9 Å². The minimum Gasteiger partial charge on any atom is -0.347 e. The quantitative estimate of drug-likeness (QED) is 0.669. The molecule has 22 heavy (non-hydrogen) atoms. The zero-order chi connectivity index (χ0) is 17.4. The molecule has 0 N–H and O–H groups in total. The van der Waals surface area contributed by atoms with Crippen LogP contribution in [-0.4, -0.2) is 34.5 Å². The molecule has 0 radical (unpaired) electrons.